The minimum atomic E-state index is -3.84. The predicted molar refractivity (Wildman–Crippen MR) is 182 cm³/mol. The summed E-state index contributed by atoms with van der Waals surface area (Å²) < 4.78 is 41.0. The Bertz CT molecular complexity index is 1790. The Balaban J connectivity index is 1.27. The van der Waals surface area contributed by atoms with E-state index in [0.717, 1.165) is 22.3 Å². The molecule has 0 bridgehead atoms. The molecule has 3 heterocycles. The van der Waals surface area contributed by atoms with Crippen molar-refractivity contribution in [2.75, 3.05) is 17.8 Å². The van der Waals surface area contributed by atoms with Crippen molar-refractivity contribution < 1.29 is 27.5 Å². The fourth-order valence-corrected chi connectivity index (χ4v) is 7.33. The lowest BCUT2D eigenvalue weighted by atomic mass is 9.97. The number of hydrogen-bond donors (Lipinski definition) is 2. The monoisotopic (exact) mass is 675 g/mol. The number of nitrogens with zero attached hydrogens (tertiary/aromatic N) is 4. The van der Waals surface area contributed by atoms with E-state index in [1.165, 1.54) is 17.3 Å². The zero-order valence-electron chi connectivity index (χ0n) is 27.3. The minimum absolute atomic E-state index is 0.00355. The maximum atomic E-state index is 12.8. The van der Waals surface area contributed by atoms with Gasteiger partial charge < -0.3 is 19.2 Å². The number of amides is 1. The molecule has 0 radical (unpaired) electrons. The van der Waals surface area contributed by atoms with Crippen molar-refractivity contribution in [3.63, 3.8) is 0 Å². The van der Waals surface area contributed by atoms with Gasteiger partial charge in [-0.15, -0.1) is 0 Å². The largest absolute Gasteiger partial charge is 0.488 e. The number of aryl methyl sites for hydroxylation is 1. The SMILES string of the molecule is CC(C)(C)[Si](C)(C)O[C@H](CN(C[C@H]1CCc2cc(-c3ccc(S(=O)(=O)Nc4ncccn4)cc3)ccc2O1)C(=O)O)c1cccnc1. The van der Waals surface area contributed by atoms with Crippen molar-refractivity contribution >= 4 is 30.4 Å². The quantitative estimate of drug-likeness (QED) is 0.165. The van der Waals surface area contributed by atoms with Crippen LogP contribution < -0.4 is 9.46 Å². The van der Waals surface area contributed by atoms with Crippen LogP contribution in [-0.4, -0.2) is 67.0 Å². The number of ether oxygens (including phenoxy) is 1. The van der Waals surface area contributed by atoms with E-state index in [4.69, 9.17) is 9.16 Å². The van der Waals surface area contributed by atoms with Crippen LogP contribution in [0, 0.1) is 0 Å². The van der Waals surface area contributed by atoms with Crippen LogP contribution in [0.1, 0.15) is 44.4 Å². The number of pyridine rings is 1. The first-order valence-electron chi connectivity index (χ1n) is 15.5. The van der Waals surface area contributed by atoms with Gasteiger partial charge in [0.15, 0.2) is 8.32 Å². The Kier molecular flexibility index (Phi) is 9.99. The van der Waals surface area contributed by atoms with Crippen molar-refractivity contribution in [2.45, 2.75) is 68.8 Å². The van der Waals surface area contributed by atoms with Crippen molar-refractivity contribution in [1.82, 2.24) is 19.9 Å². The lowest BCUT2D eigenvalue weighted by molar-refractivity contribution is 0.0688. The number of sulfonamides is 1. The Labute approximate surface area is 277 Å². The Morgan fingerprint density at radius 3 is 2.40 bits per heavy atom. The van der Waals surface area contributed by atoms with Crippen LogP contribution in [0.15, 0.2) is 90.3 Å². The number of carboxylic acid groups (broad SMARTS) is 1. The van der Waals surface area contributed by atoms with E-state index in [1.54, 1.807) is 42.7 Å². The van der Waals surface area contributed by atoms with Gasteiger partial charge in [0.2, 0.25) is 5.95 Å². The number of rotatable bonds is 11. The smallest absolute Gasteiger partial charge is 0.407 e. The summed E-state index contributed by atoms with van der Waals surface area (Å²) in [5.74, 6) is 0.715. The van der Waals surface area contributed by atoms with Gasteiger partial charge in [-0.3, -0.25) is 4.98 Å². The van der Waals surface area contributed by atoms with Gasteiger partial charge >= 0.3 is 6.09 Å². The van der Waals surface area contributed by atoms with E-state index in [-0.39, 0.29) is 35.1 Å². The van der Waals surface area contributed by atoms with E-state index < -0.39 is 30.5 Å². The molecule has 0 spiro atoms. The van der Waals surface area contributed by atoms with Crippen molar-refractivity contribution in [3.8, 4) is 16.9 Å². The van der Waals surface area contributed by atoms with Crippen LogP contribution in [-0.2, 0) is 20.9 Å². The first-order chi connectivity index (χ1) is 22.2. The van der Waals surface area contributed by atoms with Crippen LogP contribution in [0.4, 0.5) is 10.7 Å². The summed E-state index contributed by atoms with van der Waals surface area (Å²) in [6.45, 7) is 11.2. The molecule has 2 aromatic heterocycles. The molecule has 0 fully saturated rings. The third kappa shape index (κ3) is 8.34. The second-order valence-corrected chi connectivity index (χ2v) is 19.6. The molecule has 1 aliphatic heterocycles. The Hall–Kier alpha value is -4.33. The van der Waals surface area contributed by atoms with Crippen molar-refractivity contribution in [3.05, 3.63) is 96.6 Å². The van der Waals surface area contributed by atoms with E-state index >= 15 is 0 Å². The van der Waals surface area contributed by atoms with E-state index in [0.29, 0.717) is 18.6 Å². The second kappa shape index (κ2) is 13.8. The molecule has 0 saturated heterocycles. The number of carbonyl (C=O) groups is 1. The summed E-state index contributed by atoms with van der Waals surface area (Å²) in [4.78, 5) is 26.1. The molecule has 47 heavy (non-hydrogen) atoms. The number of aromatic nitrogens is 3. The van der Waals surface area contributed by atoms with Crippen LogP contribution in [0.3, 0.4) is 0 Å². The van der Waals surface area contributed by atoms with E-state index in [1.807, 2.05) is 30.3 Å². The molecule has 2 atom stereocenters. The van der Waals surface area contributed by atoms with E-state index in [9.17, 15) is 18.3 Å². The van der Waals surface area contributed by atoms with Gasteiger partial charge in [0.25, 0.3) is 10.0 Å². The minimum Gasteiger partial charge on any atom is -0.488 e. The van der Waals surface area contributed by atoms with Crippen molar-refractivity contribution in [2.24, 2.45) is 0 Å². The molecule has 0 saturated carbocycles. The summed E-state index contributed by atoms with van der Waals surface area (Å²) in [7, 11) is -6.07. The number of nitrogens with one attached hydrogen (secondary N) is 1. The molecule has 1 aliphatic rings. The normalized spacial score (nSPS) is 15.6. The summed E-state index contributed by atoms with van der Waals surface area (Å²) in [5, 5.41) is 10.2. The van der Waals surface area contributed by atoms with Gasteiger partial charge in [0.1, 0.15) is 11.9 Å². The molecule has 0 unspecified atom stereocenters. The van der Waals surface area contributed by atoms with Crippen LogP contribution in [0.5, 0.6) is 5.75 Å². The molecule has 2 N–H and O–H groups in total. The molecule has 1 amide bonds. The standard InChI is InChI=1S/C34H41N5O6SSi/c1-34(2,3)47(4,5)45-31(27-8-6-17-35-21-27)23-39(33(40)41)22-28-13-9-26-20-25(12-16-30(26)44-28)24-10-14-29(15-11-24)46(42,43)38-32-36-18-7-19-37-32/h6-8,10-12,14-21,28,31H,9,13,22-23H2,1-5H3,(H,40,41)(H,36,37,38)/t28-,31-/m1/s1. The fraction of sp³-hybridized carbons (Fsp3) is 0.353. The van der Waals surface area contributed by atoms with Gasteiger partial charge in [-0.2, -0.15) is 0 Å². The number of hydrogen-bond acceptors (Lipinski definition) is 8. The van der Waals surface area contributed by atoms with Crippen LogP contribution in [0.25, 0.3) is 11.1 Å². The van der Waals surface area contributed by atoms with E-state index in [2.05, 4.69) is 53.5 Å². The maximum Gasteiger partial charge on any atom is 0.407 e. The van der Waals surface area contributed by atoms with Gasteiger partial charge in [-0.1, -0.05) is 45.0 Å². The lowest BCUT2D eigenvalue weighted by Crippen LogP contribution is -2.46. The summed E-state index contributed by atoms with van der Waals surface area (Å²) >= 11 is 0. The molecule has 0 aliphatic carbocycles. The highest BCUT2D eigenvalue weighted by Crippen LogP contribution is 2.40. The average Bonchev–Trinajstić information content (AvgIpc) is 3.04. The zero-order chi connectivity index (χ0) is 33.8. The second-order valence-electron chi connectivity index (χ2n) is 13.1. The summed E-state index contributed by atoms with van der Waals surface area (Å²) in [5.41, 5.74) is 3.63. The number of fused-ring (bicyclic) bond motifs is 1. The highest BCUT2D eigenvalue weighted by molar-refractivity contribution is 7.92. The highest BCUT2D eigenvalue weighted by Gasteiger charge is 2.40. The first kappa shape index (κ1) is 34.0. The molecule has 5 rings (SSSR count). The highest BCUT2D eigenvalue weighted by atomic mass is 32.2. The summed E-state index contributed by atoms with van der Waals surface area (Å²) in [6.07, 6.45) is 5.91. The fourth-order valence-electron chi connectivity index (χ4n) is 5.10. The average molecular weight is 676 g/mol. The third-order valence-electron chi connectivity index (χ3n) is 8.76. The molecular weight excluding hydrogens is 635 g/mol. The van der Waals surface area contributed by atoms with Crippen molar-refractivity contribution in [1.29, 1.82) is 0 Å². The van der Waals surface area contributed by atoms with Gasteiger partial charge in [0.05, 0.1) is 24.1 Å². The predicted octanol–water partition coefficient (Wildman–Crippen LogP) is 6.78. The molecular formula is C34H41N5O6SSi. The molecule has 2 aromatic carbocycles. The Morgan fingerprint density at radius 2 is 1.77 bits per heavy atom. The molecule has 11 nitrogen and oxygen atoms in total. The lowest BCUT2D eigenvalue weighted by Gasteiger charge is -2.40. The topological polar surface area (TPSA) is 144 Å². The third-order valence-corrected chi connectivity index (χ3v) is 14.6. The molecule has 248 valence electrons. The Morgan fingerprint density at radius 1 is 1.06 bits per heavy atom. The van der Waals surface area contributed by atoms with Crippen LogP contribution in [0.2, 0.25) is 18.1 Å². The zero-order valence-corrected chi connectivity index (χ0v) is 29.1. The summed E-state index contributed by atoms with van der Waals surface area (Å²) in [6, 6.07) is 17.8. The number of anilines is 1. The molecule has 4 aromatic rings. The van der Waals surface area contributed by atoms with Gasteiger partial charge in [0, 0.05) is 24.8 Å². The maximum absolute atomic E-state index is 12.8. The van der Waals surface area contributed by atoms with Crippen LogP contribution >= 0.6 is 0 Å². The molecule has 13 heteroatoms. The van der Waals surface area contributed by atoms with Gasteiger partial charge in [-0.05, 0) is 89.6 Å². The first-order valence-corrected chi connectivity index (χ1v) is 19.9. The number of benzene rings is 2. The van der Waals surface area contributed by atoms with Gasteiger partial charge in [-0.25, -0.2) is 27.9 Å².